The second kappa shape index (κ2) is 7.75. The van der Waals surface area contributed by atoms with Crippen molar-refractivity contribution in [3.63, 3.8) is 0 Å². The average Bonchev–Trinajstić information content (AvgIpc) is 2.94. The van der Waals surface area contributed by atoms with E-state index in [0.717, 1.165) is 21.5 Å². The quantitative estimate of drug-likeness (QED) is 0.709. The van der Waals surface area contributed by atoms with Crippen LogP contribution in [0, 0.1) is 20.8 Å². The van der Waals surface area contributed by atoms with Crippen molar-refractivity contribution < 1.29 is 18.0 Å². The van der Waals surface area contributed by atoms with Crippen molar-refractivity contribution in [3.8, 4) is 0 Å². The van der Waals surface area contributed by atoms with Crippen molar-refractivity contribution in [2.24, 2.45) is 0 Å². The number of halogens is 4. The zero-order chi connectivity index (χ0) is 20.6. The monoisotopic (exact) mass is 414 g/mol. The third kappa shape index (κ3) is 3.89. The van der Waals surface area contributed by atoms with Crippen LogP contribution in [0.5, 0.6) is 0 Å². The van der Waals surface area contributed by atoms with Gasteiger partial charge < -0.3 is 4.90 Å². The minimum atomic E-state index is -4.66. The first-order valence-corrected chi connectivity index (χ1v) is 9.34. The molecular formula is C19H22ClF3N4O. The standard InChI is InChI=1S/C19H22ClF3N4O/c1-12-4-5-13(2)15(10-12)25-6-8-26(9-7-25)16(11-28)27-14(3)17(20)18(24-27)19(21,22)23/h4-5,10-11,16H,6-9H2,1-3H3. The number of hydrogen-bond donors (Lipinski definition) is 0. The third-order valence-electron chi connectivity index (χ3n) is 5.11. The molecule has 0 spiro atoms. The molecule has 9 heteroatoms. The van der Waals surface area contributed by atoms with E-state index in [1.54, 1.807) is 0 Å². The number of alkyl halides is 3. The van der Waals surface area contributed by atoms with Crippen LogP contribution in [0.25, 0.3) is 0 Å². The first-order chi connectivity index (χ1) is 13.1. The number of nitrogens with zero attached hydrogens (tertiary/aromatic N) is 4. The highest BCUT2D eigenvalue weighted by Crippen LogP contribution is 2.36. The Hall–Kier alpha value is -2.06. The Morgan fingerprint density at radius 2 is 1.79 bits per heavy atom. The zero-order valence-corrected chi connectivity index (χ0v) is 16.7. The highest BCUT2D eigenvalue weighted by molar-refractivity contribution is 6.32. The van der Waals surface area contributed by atoms with Crippen molar-refractivity contribution >= 4 is 23.6 Å². The van der Waals surface area contributed by atoms with Crippen LogP contribution < -0.4 is 4.90 Å². The smallest absolute Gasteiger partial charge is 0.369 e. The summed E-state index contributed by atoms with van der Waals surface area (Å²) >= 11 is 5.83. The minimum absolute atomic E-state index is 0.128. The molecule has 1 aliphatic rings. The van der Waals surface area contributed by atoms with Crippen LogP contribution >= 0.6 is 11.6 Å². The Morgan fingerprint density at radius 1 is 1.14 bits per heavy atom. The maximum absolute atomic E-state index is 13.1. The van der Waals surface area contributed by atoms with Crippen LogP contribution in [0.15, 0.2) is 18.2 Å². The number of aryl methyl sites for hydroxylation is 2. The van der Waals surface area contributed by atoms with Gasteiger partial charge in [-0.2, -0.15) is 18.3 Å². The summed E-state index contributed by atoms with van der Waals surface area (Å²) in [5, 5.41) is 3.14. The molecule has 0 aliphatic carbocycles. The van der Waals surface area contributed by atoms with Crippen molar-refractivity contribution in [1.82, 2.24) is 14.7 Å². The molecule has 5 nitrogen and oxygen atoms in total. The molecule has 0 radical (unpaired) electrons. The molecule has 1 atom stereocenters. The molecule has 1 fully saturated rings. The molecule has 2 heterocycles. The topological polar surface area (TPSA) is 41.4 Å². The van der Waals surface area contributed by atoms with E-state index in [-0.39, 0.29) is 5.69 Å². The molecule has 1 aromatic heterocycles. The van der Waals surface area contributed by atoms with Gasteiger partial charge in [-0.05, 0) is 38.0 Å². The summed E-state index contributed by atoms with van der Waals surface area (Å²) in [5.41, 5.74) is 2.43. The molecule has 0 bridgehead atoms. The number of carbonyl (C=O) groups excluding carboxylic acids is 1. The second-order valence-corrected chi connectivity index (χ2v) is 7.43. The van der Waals surface area contributed by atoms with Gasteiger partial charge >= 0.3 is 6.18 Å². The van der Waals surface area contributed by atoms with E-state index < -0.39 is 23.1 Å². The predicted octanol–water partition coefficient (Wildman–Crippen LogP) is 4.00. The van der Waals surface area contributed by atoms with Gasteiger partial charge in [0.2, 0.25) is 0 Å². The van der Waals surface area contributed by atoms with E-state index in [2.05, 4.69) is 28.2 Å². The molecule has 0 amide bonds. The molecule has 1 saturated heterocycles. The molecule has 0 saturated carbocycles. The molecule has 1 aromatic carbocycles. The van der Waals surface area contributed by atoms with Crippen LogP contribution in [0.4, 0.5) is 18.9 Å². The normalized spacial score (nSPS) is 17.0. The molecule has 1 aliphatic heterocycles. The number of aldehydes is 1. The molecule has 2 aromatic rings. The summed E-state index contributed by atoms with van der Waals surface area (Å²) in [5.74, 6) is 0. The maximum atomic E-state index is 13.1. The summed E-state index contributed by atoms with van der Waals surface area (Å²) in [4.78, 5) is 15.8. The fourth-order valence-corrected chi connectivity index (χ4v) is 3.75. The summed E-state index contributed by atoms with van der Waals surface area (Å²) in [6, 6.07) is 6.24. The zero-order valence-electron chi connectivity index (χ0n) is 15.9. The average molecular weight is 415 g/mol. The van der Waals surface area contributed by atoms with Gasteiger partial charge in [0.1, 0.15) is 0 Å². The van der Waals surface area contributed by atoms with Crippen LogP contribution in [0.2, 0.25) is 5.02 Å². The van der Waals surface area contributed by atoms with E-state index in [0.29, 0.717) is 32.5 Å². The van der Waals surface area contributed by atoms with E-state index in [9.17, 15) is 18.0 Å². The number of anilines is 1. The van der Waals surface area contributed by atoms with Gasteiger partial charge in [0, 0.05) is 31.9 Å². The van der Waals surface area contributed by atoms with Crippen molar-refractivity contribution in [1.29, 1.82) is 0 Å². The largest absolute Gasteiger partial charge is 0.436 e. The lowest BCUT2D eigenvalue weighted by molar-refractivity contribution is -0.142. The van der Waals surface area contributed by atoms with E-state index in [1.807, 2.05) is 18.7 Å². The van der Waals surface area contributed by atoms with Gasteiger partial charge in [-0.25, -0.2) is 4.68 Å². The van der Waals surface area contributed by atoms with Gasteiger partial charge in [0.15, 0.2) is 18.1 Å². The summed E-state index contributed by atoms with van der Waals surface area (Å²) in [7, 11) is 0. The summed E-state index contributed by atoms with van der Waals surface area (Å²) in [6.45, 7) is 7.88. The Bertz CT molecular complexity index is 873. The Morgan fingerprint density at radius 3 is 2.32 bits per heavy atom. The highest BCUT2D eigenvalue weighted by Gasteiger charge is 2.39. The molecule has 1 unspecified atom stereocenters. The van der Waals surface area contributed by atoms with Gasteiger partial charge in [0.05, 0.1) is 10.7 Å². The Kier molecular flexibility index (Phi) is 5.72. The fraction of sp³-hybridized carbons (Fsp3) is 0.474. The number of rotatable bonds is 4. The van der Waals surface area contributed by atoms with Gasteiger partial charge in [0.25, 0.3) is 0 Å². The van der Waals surface area contributed by atoms with Gasteiger partial charge in [-0.3, -0.25) is 9.69 Å². The predicted molar refractivity (Wildman–Crippen MR) is 102 cm³/mol. The summed E-state index contributed by atoms with van der Waals surface area (Å²) in [6.07, 6.45) is -4.97. The van der Waals surface area contributed by atoms with Gasteiger partial charge in [-0.15, -0.1) is 0 Å². The Labute approximate surface area is 166 Å². The lowest BCUT2D eigenvalue weighted by atomic mass is 10.1. The molecular weight excluding hydrogens is 393 g/mol. The number of aromatic nitrogens is 2. The number of hydrogen-bond acceptors (Lipinski definition) is 4. The number of carbonyl (C=O) groups is 1. The van der Waals surface area contributed by atoms with Crippen molar-refractivity contribution in [2.45, 2.75) is 33.1 Å². The van der Waals surface area contributed by atoms with E-state index in [1.165, 1.54) is 6.92 Å². The Balaban J connectivity index is 1.79. The number of piperazine rings is 1. The van der Waals surface area contributed by atoms with Crippen LogP contribution in [-0.4, -0.2) is 47.1 Å². The minimum Gasteiger partial charge on any atom is -0.369 e. The van der Waals surface area contributed by atoms with Crippen LogP contribution in [0.3, 0.4) is 0 Å². The van der Waals surface area contributed by atoms with Crippen LogP contribution in [0.1, 0.15) is 28.7 Å². The first-order valence-electron chi connectivity index (χ1n) is 8.97. The molecule has 28 heavy (non-hydrogen) atoms. The molecule has 152 valence electrons. The maximum Gasteiger partial charge on any atom is 0.436 e. The van der Waals surface area contributed by atoms with Gasteiger partial charge in [-0.1, -0.05) is 23.7 Å². The third-order valence-corrected chi connectivity index (χ3v) is 5.56. The molecule has 0 N–H and O–H groups in total. The second-order valence-electron chi connectivity index (χ2n) is 7.05. The number of benzene rings is 1. The fourth-order valence-electron chi connectivity index (χ4n) is 3.52. The van der Waals surface area contributed by atoms with Crippen LogP contribution in [-0.2, 0) is 11.0 Å². The van der Waals surface area contributed by atoms with Crippen molar-refractivity contribution in [3.05, 3.63) is 45.7 Å². The lowest BCUT2D eigenvalue weighted by Crippen LogP contribution is -2.49. The summed E-state index contributed by atoms with van der Waals surface area (Å²) < 4.78 is 40.4. The van der Waals surface area contributed by atoms with E-state index in [4.69, 9.17) is 11.6 Å². The SMILES string of the molecule is Cc1ccc(C)c(N2CCN(C(C=O)n3nc(C(F)(F)F)c(Cl)c3C)CC2)c1. The lowest BCUT2D eigenvalue weighted by Gasteiger charge is -2.39. The highest BCUT2D eigenvalue weighted by atomic mass is 35.5. The van der Waals surface area contributed by atoms with Crippen molar-refractivity contribution in [2.75, 3.05) is 31.1 Å². The van der Waals surface area contributed by atoms with E-state index >= 15 is 0 Å². The first kappa shape index (κ1) is 20.7. The molecule has 3 rings (SSSR count).